The minimum Gasteiger partial charge on any atom is -0.293 e. The summed E-state index contributed by atoms with van der Waals surface area (Å²) in [5.41, 5.74) is -0.282. The first-order chi connectivity index (χ1) is 12.0. The average Bonchev–Trinajstić information content (AvgIpc) is 2.60. The van der Waals surface area contributed by atoms with E-state index in [4.69, 9.17) is 11.6 Å². The van der Waals surface area contributed by atoms with Crippen molar-refractivity contribution in [1.29, 1.82) is 0 Å². The molecule has 0 bridgehead atoms. The lowest BCUT2D eigenvalue weighted by molar-refractivity contribution is -0.125. The fourth-order valence-corrected chi connectivity index (χ4v) is 3.39. The summed E-state index contributed by atoms with van der Waals surface area (Å²) in [5.74, 6) is -0.270. The number of halogens is 1. The molecule has 0 fully saturated rings. The number of benzene rings is 1. The van der Waals surface area contributed by atoms with E-state index in [9.17, 15) is 9.59 Å². The molecule has 2 aromatic rings. The van der Waals surface area contributed by atoms with E-state index >= 15 is 0 Å². The molecule has 1 aliphatic rings. The van der Waals surface area contributed by atoms with Crippen LogP contribution in [0.5, 0.6) is 0 Å². The van der Waals surface area contributed by atoms with Crippen LogP contribution in [0.4, 0.5) is 11.5 Å². The van der Waals surface area contributed by atoms with Crippen molar-refractivity contribution in [3.8, 4) is 0 Å². The lowest BCUT2D eigenvalue weighted by Gasteiger charge is -2.39. The molecule has 25 heavy (non-hydrogen) atoms. The number of rotatable bonds is 5. The Balaban J connectivity index is 2.28. The van der Waals surface area contributed by atoms with Gasteiger partial charge >= 0.3 is 0 Å². The fourth-order valence-electron chi connectivity index (χ4n) is 3.21. The highest BCUT2D eigenvalue weighted by atomic mass is 35.5. The molecule has 0 spiro atoms. The van der Waals surface area contributed by atoms with Crippen LogP contribution in [0.3, 0.4) is 0 Å². The van der Waals surface area contributed by atoms with Crippen LogP contribution in [0.2, 0.25) is 5.02 Å². The van der Waals surface area contributed by atoms with Crippen LogP contribution in [0.15, 0.2) is 67.9 Å². The predicted molar refractivity (Wildman–Crippen MR) is 99.2 cm³/mol. The monoisotopic (exact) mass is 352 g/mol. The summed E-state index contributed by atoms with van der Waals surface area (Å²) >= 11 is 6.10. The van der Waals surface area contributed by atoms with Gasteiger partial charge in [0.1, 0.15) is 5.41 Å². The van der Waals surface area contributed by atoms with Crippen LogP contribution in [0.1, 0.15) is 23.2 Å². The zero-order valence-electron chi connectivity index (χ0n) is 13.6. The molecule has 0 unspecified atom stereocenters. The number of ketones is 1. The van der Waals surface area contributed by atoms with Gasteiger partial charge in [-0.15, -0.1) is 13.2 Å². The van der Waals surface area contributed by atoms with Crippen LogP contribution in [-0.2, 0) is 4.79 Å². The smallest absolute Gasteiger partial charge is 0.247 e. The Morgan fingerprint density at radius 2 is 1.84 bits per heavy atom. The van der Waals surface area contributed by atoms with Gasteiger partial charge in [-0.25, -0.2) is 4.98 Å². The van der Waals surface area contributed by atoms with Crippen LogP contribution in [0.25, 0.3) is 0 Å². The first-order valence-corrected chi connectivity index (χ1v) is 8.24. The second-order valence-electron chi connectivity index (χ2n) is 5.89. The molecule has 5 heteroatoms. The zero-order chi connectivity index (χ0) is 18.0. The van der Waals surface area contributed by atoms with Gasteiger partial charge in [-0.2, -0.15) is 0 Å². The fraction of sp³-hybridized carbons (Fsp3) is 0.150. The Morgan fingerprint density at radius 1 is 1.12 bits per heavy atom. The third-order valence-corrected chi connectivity index (χ3v) is 4.58. The number of Topliss-reactive ketones (excluding diaryl/α,β-unsaturated/α-hetero) is 1. The molecular formula is C20H17ClN2O2. The van der Waals surface area contributed by atoms with Crippen LogP contribution in [-0.4, -0.2) is 16.7 Å². The number of hydrogen-bond donors (Lipinski definition) is 0. The summed E-state index contributed by atoms with van der Waals surface area (Å²) in [6.07, 6.45) is 5.20. The van der Waals surface area contributed by atoms with Gasteiger partial charge in [0.05, 0.1) is 11.3 Å². The molecule has 0 saturated carbocycles. The maximum atomic E-state index is 13.4. The molecule has 4 nitrogen and oxygen atoms in total. The topological polar surface area (TPSA) is 50.3 Å². The summed E-state index contributed by atoms with van der Waals surface area (Å²) in [6, 6.07) is 10.3. The van der Waals surface area contributed by atoms with E-state index in [1.54, 1.807) is 54.7 Å². The van der Waals surface area contributed by atoms with E-state index in [0.717, 1.165) is 0 Å². The van der Waals surface area contributed by atoms with Crippen molar-refractivity contribution in [3.05, 3.63) is 78.5 Å². The maximum Gasteiger partial charge on any atom is 0.247 e. The summed E-state index contributed by atoms with van der Waals surface area (Å²) in [4.78, 5) is 32.4. The number of hydrogen-bond acceptors (Lipinski definition) is 3. The number of carbonyl (C=O) groups is 2. The van der Waals surface area contributed by atoms with Crippen molar-refractivity contribution < 1.29 is 9.59 Å². The molecule has 0 aliphatic carbocycles. The average molecular weight is 353 g/mol. The summed E-state index contributed by atoms with van der Waals surface area (Å²) in [6.45, 7) is 7.45. The number of anilines is 2. The molecule has 2 heterocycles. The Morgan fingerprint density at radius 3 is 2.48 bits per heavy atom. The van der Waals surface area contributed by atoms with Crippen LogP contribution in [0, 0.1) is 5.41 Å². The molecule has 126 valence electrons. The van der Waals surface area contributed by atoms with Crippen molar-refractivity contribution in [2.45, 2.75) is 12.8 Å². The van der Waals surface area contributed by atoms with Gasteiger partial charge in [0, 0.05) is 11.2 Å². The van der Waals surface area contributed by atoms with E-state index in [1.807, 2.05) is 0 Å². The Kier molecular flexibility index (Phi) is 4.55. The lowest BCUT2D eigenvalue weighted by Crippen LogP contribution is -2.51. The van der Waals surface area contributed by atoms with E-state index in [1.165, 1.54) is 4.90 Å². The first-order valence-electron chi connectivity index (χ1n) is 7.87. The number of pyridine rings is 1. The molecule has 0 atom stereocenters. The quantitative estimate of drug-likeness (QED) is 0.577. The lowest BCUT2D eigenvalue weighted by atomic mass is 9.71. The Bertz CT molecular complexity index is 866. The van der Waals surface area contributed by atoms with Gasteiger partial charge < -0.3 is 0 Å². The van der Waals surface area contributed by atoms with E-state index in [-0.39, 0.29) is 24.5 Å². The van der Waals surface area contributed by atoms with Gasteiger partial charge in [-0.3, -0.25) is 14.5 Å². The Labute approximate surface area is 151 Å². The molecular weight excluding hydrogens is 336 g/mol. The molecule has 1 aliphatic heterocycles. The van der Waals surface area contributed by atoms with Crippen molar-refractivity contribution in [3.63, 3.8) is 0 Å². The van der Waals surface area contributed by atoms with Gasteiger partial charge in [0.25, 0.3) is 0 Å². The van der Waals surface area contributed by atoms with Gasteiger partial charge in [0.15, 0.2) is 11.6 Å². The van der Waals surface area contributed by atoms with Crippen molar-refractivity contribution >= 4 is 34.8 Å². The van der Waals surface area contributed by atoms with Crippen molar-refractivity contribution in [2.75, 3.05) is 4.90 Å². The number of nitrogens with zero attached hydrogens (tertiary/aromatic N) is 2. The van der Waals surface area contributed by atoms with E-state index < -0.39 is 5.41 Å². The Hall–Kier alpha value is -2.72. The second-order valence-corrected chi connectivity index (χ2v) is 6.33. The number of aromatic nitrogens is 1. The molecule has 0 saturated heterocycles. The number of carbonyl (C=O) groups excluding carboxylic acids is 2. The molecule has 0 radical (unpaired) electrons. The zero-order valence-corrected chi connectivity index (χ0v) is 14.4. The second kappa shape index (κ2) is 6.65. The number of allylic oxidation sites excluding steroid dienone is 2. The largest absolute Gasteiger partial charge is 0.293 e. The SMILES string of the molecule is C=CCC1(CC=C)C(=O)c2cccnc2N(c2cccc(Cl)c2)C1=O. The summed E-state index contributed by atoms with van der Waals surface area (Å²) in [5, 5.41) is 0.498. The first kappa shape index (κ1) is 17.1. The molecule has 3 rings (SSSR count). The highest BCUT2D eigenvalue weighted by molar-refractivity contribution is 6.31. The third kappa shape index (κ3) is 2.68. The number of amides is 1. The standard InChI is InChI=1S/C20H17ClN2O2/c1-3-10-20(11-4-2)17(24)16-9-6-12-22-18(16)23(19(20)25)15-8-5-7-14(21)13-15/h3-9,12-13H,1-2,10-11H2. The van der Waals surface area contributed by atoms with Crippen molar-refractivity contribution in [2.24, 2.45) is 5.41 Å². The number of fused-ring (bicyclic) bond motifs is 1. The molecule has 1 amide bonds. The minimum absolute atomic E-state index is 0.224. The van der Waals surface area contributed by atoms with Crippen LogP contribution < -0.4 is 4.90 Å². The molecule has 0 N–H and O–H groups in total. The predicted octanol–water partition coefficient (Wildman–Crippen LogP) is 4.73. The van der Waals surface area contributed by atoms with E-state index in [0.29, 0.717) is 22.1 Å². The van der Waals surface area contributed by atoms with Gasteiger partial charge in [-0.05, 0) is 43.2 Å². The molecule has 1 aromatic carbocycles. The van der Waals surface area contributed by atoms with E-state index in [2.05, 4.69) is 18.1 Å². The minimum atomic E-state index is -1.26. The van der Waals surface area contributed by atoms with Crippen molar-refractivity contribution in [1.82, 2.24) is 4.98 Å². The summed E-state index contributed by atoms with van der Waals surface area (Å²) < 4.78 is 0. The highest BCUT2D eigenvalue weighted by Crippen LogP contribution is 2.45. The maximum absolute atomic E-state index is 13.4. The highest BCUT2D eigenvalue weighted by Gasteiger charge is 2.52. The third-order valence-electron chi connectivity index (χ3n) is 4.34. The normalized spacial score (nSPS) is 15.6. The van der Waals surface area contributed by atoms with Gasteiger partial charge in [-0.1, -0.05) is 29.8 Å². The van der Waals surface area contributed by atoms with Gasteiger partial charge in [0.2, 0.25) is 5.91 Å². The molecule has 1 aromatic heterocycles. The summed E-state index contributed by atoms with van der Waals surface area (Å²) in [7, 11) is 0. The van der Waals surface area contributed by atoms with Crippen LogP contribution >= 0.6 is 11.6 Å².